The van der Waals surface area contributed by atoms with Gasteiger partial charge in [-0.15, -0.1) is 0 Å². The molecule has 1 nitrogen and oxygen atoms in total. The molecule has 0 fully saturated rings. The summed E-state index contributed by atoms with van der Waals surface area (Å²) in [5.41, 5.74) is 9.75. The lowest BCUT2D eigenvalue weighted by Gasteiger charge is -2.26. The van der Waals surface area contributed by atoms with Gasteiger partial charge in [-0.2, -0.15) is 0 Å². The van der Waals surface area contributed by atoms with Crippen LogP contribution < -0.4 is 4.90 Å². The average Bonchev–Trinajstić information content (AvgIpc) is 2.72. The quantitative estimate of drug-likeness (QED) is 0.358. The highest BCUT2D eigenvalue weighted by atomic mass is 15.1. The molecule has 0 bridgehead atoms. The van der Waals surface area contributed by atoms with Crippen LogP contribution in [-0.4, -0.2) is 0 Å². The van der Waals surface area contributed by atoms with Crippen LogP contribution in [0.5, 0.6) is 0 Å². The number of benzene rings is 4. The number of aryl methyl sites for hydroxylation is 3. The van der Waals surface area contributed by atoms with Gasteiger partial charge in [-0.3, -0.25) is 0 Å². The number of rotatable bonds is 4. The Balaban J connectivity index is 1.82. The third kappa shape index (κ3) is 3.84. The van der Waals surface area contributed by atoms with Crippen LogP contribution in [0.25, 0.3) is 11.1 Å². The topological polar surface area (TPSA) is 3.24 Å². The monoisotopic (exact) mass is 363 g/mol. The van der Waals surface area contributed by atoms with Gasteiger partial charge in [0.25, 0.3) is 0 Å². The zero-order valence-electron chi connectivity index (χ0n) is 16.7. The van der Waals surface area contributed by atoms with E-state index in [-0.39, 0.29) is 0 Å². The zero-order chi connectivity index (χ0) is 19.5. The SMILES string of the molecule is Cc1ccc(-c2cccc(N(c3ccc(C)cc3)c3ccc(C)cc3)c2)cc1. The largest absolute Gasteiger partial charge is 0.310 e. The maximum Gasteiger partial charge on any atom is 0.0467 e. The number of anilines is 3. The molecule has 0 aliphatic rings. The van der Waals surface area contributed by atoms with E-state index < -0.39 is 0 Å². The van der Waals surface area contributed by atoms with Gasteiger partial charge in [0, 0.05) is 17.1 Å². The highest BCUT2D eigenvalue weighted by Crippen LogP contribution is 2.36. The summed E-state index contributed by atoms with van der Waals surface area (Å²) in [6.45, 7) is 6.37. The first-order valence-corrected chi connectivity index (χ1v) is 9.71. The second-order valence-corrected chi connectivity index (χ2v) is 7.42. The molecule has 4 aromatic carbocycles. The molecule has 0 unspecified atom stereocenters. The van der Waals surface area contributed by atoms with Gasteiger partial charge in [0.2, 0.25) is 0 Å². The highest BCUT2D eigenvalue weighted by Gasteiger charge is 2.13. The van der Waals surface area contributed by atoms with Crippen LogP contribution in [0.4, 0.5) is 17.1 Å². The Hall–Kier alpha value is -3.32. The van der Waals surface area contributed by atoms with Crippen molar-refractivity contribution in [2.45, 2.75) is 20.8 Å². The van der Waals surface area contributed by atoms with E-state index in [2.05, 4.69) is 123 Å². The minimum Gasteiger partial charge on any atom is -0.310 e. The van der Waals surface area contributed by atoms with E-state index in [1.807, 2.05) is 0 Å². The Labute approximate surface area is 167 Å². The van der Waals surface area contributed by atoms with Crippen molar-refractivity contribution in [1.82, 2.24) is 0 Å². The molecular weight excluding hydrogens is 338 g/mol. The van der Waals surface area contributed by atoms with Gasteiger partial charge in [0.1, 0.15) is 0 Å². The molecule has 4 aromatic rings. The molecule has 0 saturated carbocycles. The molecule has 0 aliphatic heterocycles. The van der Waals surface area contributed by atoms with Crippen LogP contribution >= 0.6 is 0 Å². The van der Waals surface area contributed by atoms with Crippen molar-refractivity contribution in [3.63, 3.8) is 0 Å². The molecule has 0 aromatic heterocycles. The van der Waals surface area contributed by atoms with Gasteiger partial charge in [-0.25, -0.2) is 0 Å². The molecule has 0 radical (unpaired) electrons. The van der Waals surface area contributed by atoms with Gasteiger partial charge < -0.3 is 4.90 Å². The molecule has 0 N–H and O–H groups in total. The second-order valence-electron chi connectivity index (χ2n) is 7.42. The normalized spacial score (nSPS) is 10.7. The summed E-state index contributed by atoms with van der Waals surface area (Å²) in [6, 6.07) is 34.9. The van der Waals surface area contributed by atoms with Crippen molar-refractivity contribution >= 4 is 17.1 Å². The van der Waals surface area contributed by atoms with Gasteiger partial charge in [-0.05, 0) is 68.3 Å². The molecular formula is C27H25N. The molecule has 0 heterocycles. The first kappa shape index (κ1) is 18.1. The fourth-order valence-corrected chi connectivity index (χ4v) is 3.41. The lowest BCUT2D eigenvalue weighted by molar-refractivity contribution is 1.27. The van der Waals surface area contributed by atoms with Crippen molar-refractivity contribution in [3.8, 4) is 11.1 Å². The van der Waals surface area contributed by atoms with Crippen molar-refractivity contribution in [3.05, 3.63) is 114 Å². The summed E-state index contributed by atoms with van der Waals surface area (Å²) in [5, 5.41) is 0. The van der Waals surface area contributed by atoms with Crippen LogP contribution in [0.1, 0.15) is 16.7 Å². The zero-order valence-corrected chi connectivity index (χ0v) is 16.7. The third-order valence-corrected chi connectivity index (χ3v) is 5.07. The van der Waals surface area contributed by atoms with Crippen LogP contribution in [0.2, 0.25) is 0 Å². The van der Waals surface area contributed by atoms with E-state index in [0.29, 0.717) is 0 Å². The Morgan fingerprint density at radius 3 is 1.39 bits per heavy atom. The molecule has 0 amide bonds. The molecule has 0 spiro atoms. The van der Waals surface area contributed by atoms with Gasteiger partial charge >= 0.3 is 0 Å². The van der Waals surface area contributed by atoms with Crippen molar-refractivity contribution < 1.29 is 0 Å². The first-order chi connectivity index (χ1) is 13.6. The maximum atomic E-state index is 2.32. The lowest BCUT2D eigenvalue weighted by Crippen LogP contribution is -2.10. The van der Waals surface area contributed by atoms with E-state index in [0.717, 1.165) is 17.1 Å². The van der Waals surface area contributed by atoms with Gasteiger partial charge in [-0.1, -0.05) is 77.4 Å². The lowest BCUT2D eigenvalue weighted by atomic mass is 10.0. The van der Waals surface area contributed by atoms with E-state index >= 15 is 0 Å². The summed E-state index contributed by atoms with van der Waals surface area (Å²) in [4.78, 5) is 2.32. The van der Waals surface area contributed by atoms with E-state index in [9.17, 15) is 0 Å². The molecule has 0 atom stereocenters. The van der Waals surface area contributed by atoms with Crippen LogP contribution in [0.15, 0.2) is 97.1 Å². The smallest absolute Gasteiger partial charge is 0.0467 e. The maximum absolute atomic E-state index is 2.32. The molecule has 138 valence electrons. The minimum absolute atomic E-state index is 1.16. The second kappa shape index (κ2) is 7.74. The predicted molar refractivity (Wildman–Crippen MR) is 121 cm³/mol. The number of hydrogen-bond acceptors (Lipinski definition) is 1. The standard InChI is InChI=1S/C27H25N/c1-20-7-13-23(14-8-20)24-5-4-6-27(19-24)28(25-15-9-21(2)10-16-25)26-17-11-22(3)12-18-26/h4-19H,1-3H3. The van der Waals surface area contributed by atoms with E-state index in [1.165, 1.54) is 27.8 Å². The summed E-state index contributed by atoms with van der Waals surface area (Å²) >= 11 is 0. The van der Waals surface area contributed by atoms with Crippen LogP contribution in [0, 0.1) is 20.8 Å². The summed E-state index contributed by atoms with van der Waals surface area (Å²) in [6.07, 6.45) is 0. The van der Waals surface area contributed by atoms with Crippen LogP contribution in [0.3, 0.4) is 0 Å². The molecule has 28 heavy (non-hydrogen) atoms. The number of nitrogens with zero attached hydrogens (tertiary/aromatic N) is 1. The summed E-state index contributed by atoms with van der Waals surface area (Å²) in [7, 11) is 0. The fraction of sp³-hybridized carbons (Fsp3) is 0.111. The Bertz CT molecular complexity index is 1010. The first-order valence-electron chi connectivity index (χ1n) is 9.71. The predicted octanol–water partition coefficient (Wildman–Crippen LogP) is 7.75. The highest BCUT2D eigenvalue weighted by molar-refractivity contribution is 5.80. The van der Waals surface area contributed by atoms with E-state index in [1.54, 1.807) is 0 Å². The van der Waals surface area contributed by atoms with Crippen molar-refractivity contribution in [1.29, 1.82) is 0 Å². The van der Waals surface area contributed by atoms with Gasteiger partial charge in [0.05, 0.1) is 0 Å². The molecule has 0 aliphatic carbocycles. The fourth-order valence-electron chi connectivity index (χ4n) is 3.41. The van der Waals surface area contributed by atoms with Gasteiger partial charge in [0.15, 0.2) is 0 Å². The van der Waals surface area contributed by atoms with Crippen molar-refractivity contribution in [2.24, 2.45) is 0 Å². The Morgan fingerprint density at radius 1 is 0.429 bits per heavy atom. The van der Waals surface area contributed by atoms with Crippen LogP contribution in [-0.2, 0) is 0 Å². The average molecular weight is 364 g/mol. The minimum atomic E-state index is 1.16. The Kier molecular flexibility index (Phi) is 4.99. The molecule has 0 saturated heterocycles. The van der Waals surface area contributed by atoms with Crippen molar-refractivity contribution in [2.75, 3.05) is 4.90 Å². The van der Waals surface area contributed by atoms with E-state index in [4.69, 9.17) is 0 Å². The number of hydrogen-bond donors (Lipinski definition) is 0. The summed E-state index contributed by atoms with van der Waals surface area (Å²) < 4.78 is 0. The Morgan fingerprint density at radius 2 is 0.893 bits per heavy atom. The molecule has 1 heteroatoms. The molecule has 4 rings (SSSR count). The third-order valence-electron chi connectivity index (χ3n) is 5.07. The summed E-state index contributed by atoms with van der Waals surface area (Å²) in [5.74, 6) is 0.